The van der Waals surface area contributed by atoms with Crippen LogP contribution in [0.4, 0.5) is 0 Å². The number of aromatic hydroxyl groups is 3. The van der Waals surface area contributed by atoms with Crippen LogP contribution in [0.3, 0.4) is 0 Å². The Hall–Kier alpha value is -4.57. The van der Waals surface area contributed by atoms with E-state index in [1.54, 1.807) is 6.92 Å². The number of hydrogen-bond acceptors (Lipinski definition) is 14. The van der Waals surface area contributed by atoms with Crippen LogP contribution in [-0.4, -0.2) is 96.7 Å². The number of ketones is 3. The number of phenolic OH excluding ortho intramolecular Hbond substituents is 3. The lowest BCUT2D eigenvalue weighted by molar-refractivity contribution is -0.168. The van der Waals surface area contributed by atoms with Gasteiger partial charge in [0.05, 0.1) is 72.5 Å². The zero-order valence-corrected chi connectivity index (χ0v) is 28.5. The number of carboxylic acid groups (broad SMARTS) is 1. The van der Waals surface area contributed by atoms with Crippen molar-refractivity contribution < 1.29 is 73.2 Å². The number of aliphatic hydroxyl groups is 1. The third kappa shape index (κ3) is 4.41. The Morgan fingerprint density at radius 2 is 1.57 bits per heavy atom. The summed E-state index contributed by atoms with van der Waals surface area (Å²) >= 11 is 6.84. The summed E-state index contributed by atoms with van der Waals surface area (Å²) in [5, 5.41) is 57.0. The van der Waals surface area contributed by atoms with E-state index in [0.717, 1.165) is 6.92 Å². The van der Waals surface area contributed by atoms with Crippen LogP contribution < -0.4 is 0 Å². The van der Waals surface area contributed by atoms with E-state index < -0.39 is 135 Å². The first-order valence-corrected chi connectivity index (χ1v) is 16.6. The SMILES string of the molecule is COC(=O)C[C@H]1Cc2cc3c(c(O)c2[C@H](C)O1)C(=O)[C@@H]1C[C@@]3(OC(C)=O)c2c(O)c3c(c(O)c21)C(=O)[C@]1(O)[C@H](C)O[C@@H](CC(=O)O)C[C@@]1(Cl)C3=O. The molecule has 51 heavy (non-hydrogen) atoms. The molecule has 2 aromatic rings. The van der Waals surface area contributed by atoms with Crippen molar-refractivity contribution in [3.05, 3.63) is 50.6 Å². The number of aliphatic carboxylic acids is 1. The van der Waals surface area contributed by atoms with Crippen LogP contribution in [0.5, 0.6) is 17.2 Å². The predicted octanol–water partition coefficient (Wildman–Crippen LogP) is 2.60. The molecular weight excluding hydrogens is 696 g/mol. The molecule has 7 rings (SSSR count). The Morgan fingerprint density at radius 3 is 2.20 bits per heavy atom. The van der Waals surface area contributed by atoms with Gasteiger partial charge in [-0.3, -0.25) is 28.8 Å². The van der Waals surface area contributed by atoms with Gasteiger partial charge in [0.2, 0.25) is 5.78 Å². The lowest BCUT2D eigenvalue weighted by Crippen LogP contribution is -2.72. The van der Waals surface area contributed by atoms with Gasteiger partial charge in [0, 0.05) is 36.5 Å². The monoisotopic (exact) mass is 728 g/mol. The zero-order valence-electron chi connectivity index (χ0n) is 27.7. The number of carboxylic acids is 1. The molecule has 2 aliphatic heterocycles. The molecule has 0 aromatic heterocycles. The molecule has 0 saturated carbocycles. The van der Waals surface area contributed by atoms with Crippen molar-refractivity contribution in [1.82, 2.24) is 0 Å². The molecule has 1 fully saturated rings. The average Bonchev–Trinajstić information content (AvgIpc) is 3.34. The second-order valence-electron chi connectivity index (χ2n) is 13.8. The molecular formula is C35H33ClO15. The maximum atomic E-state index is 14.4. The number of hydrogen-bond donors (Lipinski definition) is 5. The van der Waals surface area contributed by atoms with E-state index in [1.807, 2.05) is 0 Å². The summed E-state index contributed by atoms with van der Waals surface area (Å²) in [6, 6.07) is 1.49. The highest BCUT2D eigenvalue weighted by Crippen LogP contribution is 2.66. The number of benzene rings is 2. The molecule has 3 aliphatic carbocycles. The van der Waals surface area contributed by atoms with E-state index >= 15 is 0 Å². The zero-order chi connectivity index (χ0) is 37.3. The minimum absolute atomic E-state index is 0.0514. The van der Waals surface area contributed by atoms with Crippen LogP contribution in [-0.2, 0) is 45.4 Å². The van der Waals surface area contributed by atoms with Crippen LogP contribution in [0.15, 0.2) is 6.07 Å². The molecule has 0 spiro atoms. The van der Waals surface area contributed by atoms with Crippen LogP contribution in [0.25, 0.3) is 0 Å². The summed E-state index contributed by atoms with van der Waals surface area (Å²) in [5.74, 6) is -9.97. The number of halogens is 1. The van der Waals surface area contributed by atoms with Gasteiger partial charge in [-0.1, -0.05) is 0 Å². The van der Waals surface area contributed by atoms with Crippen LogP contribution in [0.1, 0.15) is 117 Å². The highest BCUT2D eigenvalue weighted by atomic mass is 35.5. The van der Waals surface area contributed by atoms with Crippen LogP contribution in [0, 0.1) is 0 Å². The summed E-state index contributed by atoms with van der Waals surface area (Å²) in [5.41, 5.74) is -7.13. The van der Waals surface area contributed by atoms with Gasteiger partial charge in [0.15, 0.2) is 22.8 Å². The van der Waals surface area contributed by atoms with Crippen molar-refractivity contribution in [2.45, 2.75) is 99.3 Å². The Kier molecular flexibility index (Phi) is 7.66. The first-order chi connectivity index (χ1) is 23.8. The quantitative estimate of drug-likeness (QED) is 0.169. The van der Waals surface area contributed by atoms with E-state index in [-0.39, 0.29) is 35.1 Å². The lowest BCUT2D eigenvalue weighted by Gasteiger charge is -2.52. The van der Waals surface area contributed by atoms with Crippen LogP contribution >= 0.6 is 11.6 Å². The third-order valence-corrected chi connectivity index (χ3v) is 11.6. The van der Waals surface area contributed by atoms with Gasteiger partial charge in [-0.05, 0) is 31.9 Å². The molecule has 0 unspecified atom stereocenters. The molecule has 2 heterocycles. The van der Waals surface area contributed by atoms with E-state index in [9.17, 15) is 54.3 Å². The van der Waals surface area contributed by atoms with Gasteiger partial charge in [0.25, 0.3) is 0 Å². The second kappa shape index (κ2) is 11.2. The largest absolute Gasteiger partial charge is 0.507 e. The van der Waals surface area contributed by atoms with E-state index in [1.165, 1.54) is 20.1 Å². The maximum absolute atomic E-state index is 14.4. The summed E-state index contributed by atoms with van der Waals surface area (Å²) in [7, 11) is 1.22. The topological polar surface area (TPSA) is 240 Å². The number of ether oxygens (including phenoxy) is 4. The minimum Gasteiger partial charge on any atom is -0.507 e. The number of phenols is 3. The normalized spacial score (nSPS) is 33.0. The van der Waals surface area contributed by atoms with Crippen molar-refractivity contribution in [3.63, 3.8) is 0 Å². The fourth-order valence-corrected chi connectivity index (χ4v) is 9.50. The van der Waals surface area contributed by atoms with Crippen molar-refractivity contribution in [3.8, 4) is 17.2 Å². The number of methoxy groups -OCH3 is 1. The average molecular weight is 729 g/mol. The van der Waals surface area contributed by atoms with Crippen molar-refractivity contribution >= 4 is 46.9 Å². The number of fused-ring (bicyclic) bond motifs is 10. The number of carbonyl (C=O) groups is 6. The summed E-state index contributed by atoms with van der Waals surface area (Å²) in [6.45, 7) is 3.87. The highest BCUT2D eigenvalue weighted by Gasteiger charge is 2.71. The molecule has 0 amide bonds. The second-order valence-corrected chi connectivity index (χ2v) is 14.5. The number of esters is 2. The molecule has 1 saturated heterocycles. The van der Waals surface area contributed by atoms with Crippen molar-refractivity contribution in [2.24, 2.45) is 0 Å². The van der Waals surface area contributed by atoms with Gasteiger partial charge in [0.1, 0.15) is 22.1 Å². The molecule has 8 atom stereocenters. The smallest absolute Gasteiger partial charge is 0.308 e. The minimum atomic E-state index is -2.85. The van der Waals surface area contributed by atoms with Gasteiger partial charge < -0.3 is 44.5 Å². The Bertz CT molecular complexity index is 2020. The molecule has 270 valence electrons. The first-order valence-electron chi connectivity index (χ1n) is 16.2. The van der Waals surface area contributed by atoms with Crippen molar-refractivity contribution in [2.75, 3.05) is 7.11 Å². The van der Waals surface area contributed by atoms with E-state index in [2.05, 4.69) is 0 Å². The van der Waals surface area contributed by atoms with E-state index in [0.29, 0.717) is 5.56 Å². The molecule has 15 nitrogen and oxygen atoms in total. The number of alkyl halides is 1. The third-order valence-electron chi connectivity index (χ3n) is 11.0. The van der Waals surface area contributed by atoms with Gasteiger partial charge in [-0.25, -0.2) is 0 Å². The highest BCUT2D eigenvalue weighted by molar-refractivity contribution is 6.45. The molecule has 2 aromatic carbocycles. The Balaban J connectivity index is 1.49. The standard InChI is InChI=1S/C35H33ClO15/c1-11-21-14(5-15(49-11)8-20(40)48-4)6-18-23(28(21)42)27(41)17-10-33(18,51-13(3)37)26-22(17)29(43)24-25(30(26)44)31(45)34(36)9-16(7-19(38)39)50-12(2)35(34,47)32(24)46/h6,11-12,15-17,42-44,47H,5,7-10H2,1-4H3,(H,38,39)/t11-,12-,15+,16-,17+,33-,34+,35+/m0/s1. The summed E-state index contributed by atoms with van der Waals surface area (Å²) in [6.07, 6.45) is -6.15. The van der Waals surface area contributed by atoms with Gasteiger partial charge in [-0.15, -0.1) is 11.6 Å². The number of rotatable bonds is 5. The fraction of sp³-hybridized carbons (Fsp3) is 0.486. The molecule has 5 aliphatic rings. The number of carbonyl (C=O) groups excluding carboxylic acids is 5. The van der Waals surface area contributed by atoms with E-state index in [4.69, 9.17) is 30.5 Å². The lowest BCUT2D eigenvalue weighted by atomic mass is 9.63. The first kappa shape index (κ1) is 34.9. The maximum Gasteiger partial charge on any atom is 0.308 e. The Morgan fingerprint density at radius 1 is 0.922 bits per heavy atom. The fourth-order valence-electron chi connectivity index (χ4n) is 8.99. The van der Waals surface area contributed by atoms with Crippen LogP contribution in [0.2, 0.25) is 0 Å². The van der Waals surface area contributed by atoms with Crippen molar-refractivity contribution in [1.29, 1.82) is 0 Å². The Labute approximate surface area is 294 Å². The molecule has 0 radical (unpaired) electrons. The summed E-state index contributed by atoms with van der Waals surface area (Å²) < 4.78 is 22.3. The van der Waals surface area contributed by atoms with Gasteiger partial charge in [-0.2, -0.15) is 0 Å². The van der Waals surface area contributed by atoms with Gasteiger partial charge >= 0.3 is 17.9 Å². The molecule has 16 heteroatoms. The summed E-state index contributed by atoms with van der Waals surface area (Å²) in [4.78, 5) is 76.9. The predicted molar refractivity (Wildman–Crippen MR) is 169 cm³/mol. The molecule has 5 N–H and O–H groups in total. The number of Topliss-reactive ketones (excluding diaryl/α,β-unsaturated/α-hetero) is 3. The molecule has 2 bridgehead atoms.